The Bertz CT molecular complexity index is 726. The smallest absolute Gasteiger partial charge is 0.221 e. The molecule has 1 saturated heterocycles. The summed E-state index contributed by atoms with van der Waals surface area (Å²) in [5.41, 5.74) is 1.09. The van der Waals surface area contributed by atoms with E-state index in [0.717, 1.165) is 55.5 Å². The lowest BCUT2D eigenvalue weighted by molar-refractivity contribution is -0.121. The Balaban J connectivity index is 1.42. The second kappa shape index (κ2) is 11.7. The Kier molecular flexibility index (Phi) is 8.67. The van der Waals surface area contributed by atoms with Crippen molar-refractivity contribution in [3.05, 3.63) is 18.2 Å². The van der Waals surface area contributed by atoms with Gasteiger partial charge in [-0.25, -0.2) is 0 Å². The van der Waals surface area contributed by atoms with Gasteiger partial charge >= 0.3 is 0 Å². The van der Waals surface area contributed by atoms with Crippen LogP contribution in [0.25, 0.3) is 0 Å². The molecule has 1 atom stereocenters. The average molecular weight is 432 g/mol. The van der Waals surface area contributed by atoms with Gasteiger partial charge in [-0.15, -0.1) is 0 Å². The van der Waals surface area contributed by atoms with Crippen LogP contribution in [0.1, 0.15) is 44.9 Å². The molecule has 1 aromatic carbocycles. The number of rotatable bonds is 8. The first-order valence-corrected chi connectivity index (χ1v) is 11.4. The van der Waals surface area contributed by atoms with Crippen molar-refractivity contribution in [2.45, 2.75) is 57.0 Å². The first-order chi connectivity index (χ1) is 15.1. The molecule has 1 saturated carbocycles. The normalized spacial score (nSPS) is 19.8. The lowest BCUT2D eigenvalue weighted by Crippen LogP contribution is -2.46. The summed E-state index contributed by atoms with van der Waals surface area (Å²) in [5, 5.41) is 9.92. The number of aliphatic imine (C=N–C) groups is 1. The van der Waals surface area contributed by atoms with Gasteiger partial charge in [0.2, 0.25) is 5.91 Å². The minimum absolute atomic E-state index is 0.119. The van der Waals surface area contributed by atoms with Gasteiger partial charge in [0, 0.05) is 69.1 Å². The largest absolute Gasteiger partial charge is 0.497 e. The van der Waals surface area contributed by atoms with Gasteiger partial charge in [-0.1, -0.05) is 19.3 Å². The summed E-state index contributed by atoms with van der Waals surface area (Å²) in [5.74, 6) is 2.43. The van der Waals surface area contributed by atoms with E-state index in [1.54, 1.807) is 21.3 Å². The second-order valence-corrected chi connectivity index (χ2v) is 8.30. The maximum Gasteiger partial charge on any atom is 0.221 e. The Morgan fingerprint density at radius 1 is 1.03 bits per heavy atom. The van der Waals surface area contributed by atoms with E-state index in [1.165, 1.54) is 19.3 Å². The second-order valence-electron chi connectivity index (χ2n) is 8.30. The van der Waals surface area contributed by atoms with E-state index in [2.05, 4.69) is 25.8 Å². The van der Waals surface area contributed by atoms with Crippen LogP contribution in [-0.4, -0.2) is 64.9 Å². The number of benzene rings is 1. The van der Waals surface area contributed by atoms with Gasteiger partial charge in [-0.2, -0.15) is 0 Å². The lowest BCUT2D eigenvalue weighted by atomic mass is 9.95. The van der Waals surface area contributed by atoms with Crippen molar-refractivity contribution < 1.29 is 14.3 Å². The van der Waals surface area contributed by atoms with Crippen LogP contribution >= 0.6 is 0 Å². The van der Waals surface area contributed by atoms with Crippen molar-refractivity contribution in [1.82, 2.24) is 16.0 Å². The molecular weight excluding hydrogens is 394 g/mol. The predicted octanol–water partition coefficient (Wildman–Crippen LogP) is 2.29. The number of ether oxygens (including phenoxy) is 2. The Labute approximate surface area is 185 Å². The van der Waals surface area contributed by atoms with Gasteiger partial charge in [-0.05, 0) is 19.3 Å². The quantitative estimate of drug-likeness (QED) is 0.432. The molecule has 1 aliphatic heterocycles. The van der Waals surface area contributed by atoms with Gasteiger partial charge < -0.3 is 30.3 Å². The Morgan fingerprint density at radius 3 is 2.39 bits per heavy atom. The number of carbonyl (C=O) groups excluding carboxylic acids is 1. The van der Waals surface area contributed by atoms with Gasteiger partial charge in [0.25, 0.3) is 0 Å². The molecule has 3 N–H and O–H groups in total. The van der Waals surface area contributed by atoms with Gasteiger partial charge in [0.1, 0.15) is 11.5 Å². The number of amides is 1. The summed E-state index contributed by atoms with van der Waals surface area (Å²) in [4.78, 5) is 18.8. The fourth-order valence-corrected chi connectivity index (χ4v) is 4.32. The summed E-state index contributed by atoms with van der Waals surface area (Å²) in [6.07, 6.45) is 7.42. The highest BCUT2D eigenvalue weighted by Gasteiger charge is 2.24. The van der Waals surface area contributed by atoms with Gasteiger partial charge in [0.15, 0.2) is 5.96 Å². The molecule has 1 amide bonds. The van der Waals surface area contributed by atoms with Crippen LogP contribution in [0.5, 0.6) is 11.5 Å². The molecule has 172 valence electrons. The molecule has 8 nitrogen and oxygen atoms in total. The number of hydrogen-bond acceptors (Lipinski definition) is 5. The molecule has 2 aliphatic rings. The maximum absolute atomic E-state index is 12.2. The van der Waals surface area contributed by atoms with Crippen LogP contribution in [0.2, 0.25) is 0 Å². The third kappa shape index (κ3) is 6.94. The van der Waals surface area contributed by atoms with E-state index < -0.39 is 0 Å². The number of nitrogens with zero attached hydrogens (tertiary/aromatic N) is 2. The van der Waals surface area contributed by atoms with Crippen molar-refractivity contribution in [2.75, 3.05) is 45.8 Å². The van der Waals surface area contributed by atoms with E-state index in [-0.39, 0.29) is 11.9 Å². The van der Waals surface area contributed by atoms with Crippen LogP contribution in [-0.2, 0) is 4.79 Å². The minimum Gasteiger partial charge on any atom is -0.497 e. The number of hydrogen-bond donors (Lipinski definition) is 3. The number of nitrogens with one attached hydrogen (secondary N) is 3. The highest BCUT2D eigenvalue weighted by Crippen LogP contribution is 2.30. The van der Waals surface area contributed by atoms with E-state index in [4.69, 9.17) is 9.47 Å². The molecule has 0 spiro atoms. The molecule has 1 unspecified atom stereocenters. The fraction of sp³-hybridized carbons (Fsp3) is 0.652. The van der Waals surface area contributed by atoms with Crippen LogP contribution in [0.15, 0.2) is 23.2 Å². The van der Waals surface area contributed by atoms with Gasteiger partial charge in [-0.3, -0.25) is 9.79 Å². The Morgan fingerprint density at radius 2 is 1.74 bits per heavy atom. The molecular formula is C23H37N5O3. The van der Waals surface area contributed by atoms with Crippen molar-refractivity contribution in [1.29, 1.82) is 0 Å². The molecule has 1 aliphatic carbocycles. The van der Waals surface area contributed by atoms with Crippen LogP contribution in [0, 0.1) is 0 Å². The molecule has 1 aromatic rings. The van der Waals surface area contributed by atoms with Crippen LogP contribution in [0.3, 0.4) is 0 Å². The molecule has 3 rings (SSSR count). The molecule has 31 heavy (non-hydrogen) atoms. The van der Waals surface area contributed by atoms with E-state index in [0.29, 0.717) is 19.0 Å². The molecule has 8 heteroatoms. The standard InChI is InChI=1S/C23H37N5O3/c1-24-23(25-11-9-22(29)26-17-7-5-4-6-8-17)27-18-10-12-28(16-18)19-13-20(30-2)15-21(14-19)31-3/h13-15,17-18H,4-12,16H2,1-3H3,(H,26,29)(H2,24,25,27). The molecule has 0 radical (unpaired) electrons. The number of anilines is 1. The third-order valence-corrected chi connectivity index (χ3v) is 6.07. The zero-order valence-electron chi connectivity index (χ0n) is 19.1. The van der Waals surface area contributed by atoms with Crippen molar-refractivity contribution in [3.63, 3.8) is 0 Å². The number of methoxy groups -OCH3 is 2. The fourth-order valence-electron chi connectivity index (χ4n) is 4.32. The monoisotopic (exact) mass is 431 g/mol. The summed E-state index contributed by atoms with van der Waals surface area (Å²) in [6, 6.07) is 6.58. The minimum atomic E-state index is 0.119. The van der Waals surface area contributed by atoms with Crippen LogP contribution < -0.4 is 30.3 Å². The first-order valence-electron chi connectivity index (χ1n) is 11.4. The number of guanidine groups is 1. The molecule has 0 aromatic heterocycles. The summed E-state index contributed by atoms with van der Waals surface area (Å²) >= 11 is 0. The van der Waals surface area contributed by atoms with E-state index in [1.807, 2.05) is 18.2 Å². The van der Waals surface area contributed by atoms with Crippen molar-refractivity contribution in [3.8, 4) is 11.5 Å². The summed E-state index contributed by atoms with van der Waals surface area (Å²) in [7, 11) is 5.09. The third-order valence-electron chi connectivity index (χ3n) is 6.07. The lowest BCUT2D eigenvalue weighted by Gasteiger charge is -2.23. The maximum atomic E-state index is 12.2. The predicted molar refractivity (Wildman–Crippen MR) is 124 cm³/mol. The zero-order chi connectivity index (χ0) is 22.1. The number of carbonyl (C=O) groups is 1. The summed E-state index contributed by atoms with van der Waals surface area (Å²) in [6.45, 7) is 2.37. The first kappa shape index (κ1) is 23.0. The average Bonchev–Trinajstić information content (AvgIpc) is 3.27. The highest BCUT2D eigenvalue weighted by molar-refractivity contribution is 5.81. The molecule has 0 bridgehead atoms. The van der Waals surface area contributed by atoms with Crippen molar-refractivity contribution >= 4 is 17.6 Å². The Hall–Kier alpha value is -2.64. The van der Waals surface area contributed by atoms with E-state index >= 15 is 0 Å². The molecule has 2 fully saturated rings. The highest BCUT2D eigenvalue weighted by atomic mass is 16.5. The zero-order valence-corrected chi connectivity index (χ0v) is 19.1. The van der Waals surface area contributed by atoms with E-state index in [9.17, 15) is 4.79 Å². The SMILES string of the molecule is CN=C(NCCC(=O)NC1CCCCC1)NC1CCN(c2cc(OC)cc(OC)c2)C1. The topological polar surface area (TPSA) is 87.2 Å². The summed E-state index contributed by atoms with van der Waals surface area (Å²) < 4.78 is 10.8. The van der Waals surface area contributed by atoms with Gasteiger partial charge in [0.05, 0.1) is 14.2 Å². The van der Waals surface area contributed by atoms with Crippen molar-refractivity contribution in [2.24, 2.45) is 4.99 Å². The molecule has 1 heterocycles. The van der Waals surface area contributed by atoms with Crippen LogP contribution in [0.4, 0.5) is 5.69 Å².